The number of aromatic nitrogens is 5. The highest BCUT2D eigenvalue weighted by Gasteiger charge is 2.15. The predicted octanol–water partition coefficient (Wildman–Crippen LogP) is 2.69. The number of hydrogen-bond acceptors (Lipinski definition) is 5. The minimum Gasteiger partial charge on any atom is -0.316 e. The molecule has 0 spiro atoms. The predicted molar refractivity (Wildman–Crippen MR) is 81.7 cm³/mol. The molecule has 0 aliphatic heterocycles. The smallest absolute Gasteiger partial charge is 0.191 e. The lowest BCUT2D eigenvalue weighted by Gasteiger charge is -2.04. The van der Waals surface area contributed by atoms with Gasteiger partial charge in [0.05, 0.1) is 16.1 Å². The van der Waals surface area contributed by atoms with Crippen LogP contribution in [0.2, 0.25) is 0 Å². The van der Waals surface area contributed by atoms with Gasteiger partial charge in [-0.15, -0.1) is 0 Å². The molecule has 0 saturated heterocycles. The number of nitrogens with one attached hydrogen (secondary N) is 1. The van der Waals surface area contributed by atoms with Gasteiger partial charge in [0, 0.05) is 19.7 Å². The first-order valence-corrected chi connectivity index (χ1v) is 7.42. The summed E-state index contributed by atoms with van der Waals surface area (Å²) in [6, 6.07) is 0. The zero-order chi connectivity index (χ0) is 14.4. The molecule has 0 aromatic carbocycles. The van der Waals surface area contributed by atoms with E-state index in [0.29, 0.717) is 0 Å². The second-order valence-electron chi connectivity index (χ2n) is 4.90. The van der Waals surface area contributed by atoms with E-state index in [4.69, 9.17) is 0 Å². The van der Waals surface area contributed by atoms with Crippen LogP contribution in [0.15, 0.2) is 0 Å². The molecule has 1 N–H and O–H groups in total. The van der Waals surface area contributed by atoms with Gasteiger partial charge in [-0.3, -0.25) is 4.68 Å². The Kier molecular flexibility index (Phi) is 3.01. The molecule has 0 aliphatic carbocycles. The number of thiazole rings is 1. The molecule has 3 aromatic heterocycles. The summed E-state index contributed by atoms with van der Waals surface area (Å²) in [5.74, 6) is 1.01. The summed E-state index contributed by atoms with van der Waals surface area (Å²) in [4.78, 5) is 4.61. The molecule has 0 aliphatic rings. The van der Waals surface area contributed by atoms with Crippen LogP contribution in [0.3, 0.4) is 0 Å². The van der Waals surface area contributed by atoms with Gasteiger partial charge >= 0.3 is 0 Å². The lowest BCUT2D eigenvalue weighted by atomic mass is 10.2. The van der Waals surface area contributed by atoms with Gasteiger partial charge < -0.3 is 5.32 Å². The SMILES string of the molecule is CCc1nn(C)c(Nc2nc3c(s2)c(C)nn3C)c1C. The van der Waals surface area contributed by atoms with Crippen molar-refractivity contribution in [2.24, 2.45) is 14.1 Å². The third-order valence-electron chi connectivity index (χ3n) is 3.49. The Bertz CT molecular complexity index is 744. The summed E-state index contributed by atoms with van der Waals surface area (Å²) in [5, 5.41) is 13.2. The Morgan fingerprint density at radius 2 is 1.90 bits per heavy atom. The molecule has 3 heterocycles. The van der Waals surface area contributed by atoms with Gasteiger partial charge in [0.25, 0.3) is 0 Å². The molecule has 0 radical (unpaired) electrons. The van der Waals surface area contributed by atoms with Crippen LogP contribution in [-0.2, 0) is 20.5 Å². The molecular formula is C13H18N6S. The summed E-state index contributed by atoms with van der Waals surface area (Å²) in [7, 11) is 3.87. The fourth-order valence-electron chi connectivity index (χ4n) is 2.44. The van der Waals surface area contributed by atoms with E-state index >= 15 is 0 Å². The fourth-order valence-corrected chi connectivity index (χ4v) is 3.37. The Balaban J connectivity index is 2.01. The van der Waals surface area contributed by atoms with Gasteiger partial charge in [0.2, 0.25) is 0 Å². The zero-order valence-electron chi connectivity index (χ0n) is 12.4. The molecule has 0 fully saturated rings. The molecule has 0 saturated carbocycles. The van der Waals surface area contributed by atoms with Crippen molar-refractivity contribution in [3.8, 4) is 0 Å². The molecule has 106 valence electrons. The van der Waals surface area contributed by atoms with E-state index in [-0.39, 0.29) is 0 Å². The molecule has 20 heavy (non-hydrogen) atoms. The molecular weight excluding hydrogens is 272 g/mol. The van der Waals surface area contributed by atoms with Crippen molar-refractivity contribution in [3.63, 3.8) is 0 Å². The molecule has 3 rings (SSSR count). The van der Waals surface area contributed by atoms with Crippen LogP contribution in [0.4, 0.5) is 10.9 Å². The van der Waals surface area contributed by atoms with Crippen molar-refractivity contribution in [1.29, 1.82) is 0 Å². The third-order valence-corrected chi connectivity index (χ3v) is 4.56. The maximum atomic E-state index is 4.61. The van der Waals surface area contributed by atoms with E-state index in [1.165, 1.54) is 5.56 Å². The van der Waals surface area contributed by atoms with Gasteiger partial charge in [-0.1, -0.05) is 18.3 Å². The van der Waals surface area contributed by atoms with Gasteiger partial charge in [0.15, 0.2) is 10.8 Å². The topological polar surface area (TPSA) is 60.6 Å². The molecule has 0 unspecified atom stereocenters. The first kappa shape index (κ1) is 13.1. The highest BCUT2D eigenvalue weighted by molar-refractivity contribution is 7.22. The molecule has 3 aromatic rings. The number of nitrogens with zero attached hydrogens (tertiary/aromatic N) is 5. The highest BCUT2D eigenvalue weighted by Crippen LogP contribution is 2.31. The van der Waals surface area contributed by atoms with E-state index in [1.807, 2.05) is 30.4 Å². The number of fused-ring (bicyclic) bond motifs is 1. The molecule has 6 nitrogen and oxygen atoms in total. The van der Waals surface area contributed by atoms with E-state index in [9.17, 15) is 0 Å². The minimum atomic E-state index is 0.879. The molecule has 0 amide bonds. The standard InChI is InChI=1S/C13H18N6S/c1-6-9-7(2)11(18(4)17-9)14-13-15-12-10(20-13)8(3)16-19(12)5/h6H2,1-5H3,(H,14,15). The Morgan fingerprint density at radius 1 is 1.15 bits per heavy atom. The van der Waals surface area contributed by atoms with Crippen molar-refractivity contribution < 1.29 is 0 Å². The Hall–Kier alpha value is -1.89. The first-order valence-electron chi connectivity index (χ1n) is 6.60. The number of rotatable bonds is 3. The summed E-state index contributed by atoms with van der Waals surface area (Å²) >= 11 is 1.63. The lowest BCUT2D eigenvalue weighted by molar-refractivity contribution is 0.753. The summed E-state index contributed by atoms with van der Waals surface area (Å²) in [6.45, 7) is 6.22. The maximum absolute atomic E-state index is 4.61. The first-order chi connectivity index (χ1) is 9.51. The summed E-state index contributed by atoms with van der Waals surface area (Å²) < 4.78 is 4.83. The van der Waals surface area contributed by atoms with Crippen LogP contribution in [0, 0.1) is 13.8 Å². The van der Waals surface area contributed by atoms with Crippen LogP contribution >= 0.6 is 11.3 Å². The van der Waals surface area contributed by atoms with Crippen molar-refractivity contribution in [2.45, 2.75) is 27.2 Å². The number of aryl methyl sites for hydroxylation is 4. The van der Waals surface area contributed by atoms with E-state index in [2.05, 4.69) is 34.3 Å². The van der Waals surface area contributed by atoms with Crippen molar-refractivity contribution in [1.82, 2.24) is 24.5 Å². The van der Waals surface area contributed by atoms with Crippen LogP contribution in [-0.4, -0.2) is 24.5 Å². The van der Waals surface area contributed by atoms with E-state index in [0.717, 1.165) is 39.1 Å². The second-order valence-corrected chi connectivity index (χ2v) is 5.90. The highest BCUT2D eigenvalue weighted by atomic mass is 32.1. The monoisotopic (exact) mass is 290 g/mol. The Morgan fingerprint density at radius 3 is 2.50 bits per heavy atom. The number of anilines is 2. The van der Waals surface area contributed by atoms with Crippen molar-refractivity contribution in [3.05, 3.63) is 17.0 Å². The van der Waals surface area contributed by atoms with Crippen LogP contribution in [0.5, 0.6) is 0 Å². The zero-order valence-corrected chi connectivity index (χ0v) is 13.2. The minimum absolute atomic E-state index is 0.879. The van der Waals surface area contributed by atoms with E-state index in [1.54, 1.807) is 11.3 Å². The lowest BCUT2D eigenvalue weighted by Crippen LogP contribution is -2.00. The maximum Gasteiger partial charge on any atom is 0.191 e. The molecule has 7 heteroatoms. The van der Waals surface area contributed by atoms with Crippen LogP contribution < -0.4 is 5.32 Å². The normalized spacial score (nSPS) is 11.4. The number of hydrogen-bond donors (Lipinski definition) is 1. The average molecular weight is 290 g/mol. The van der Waals surface area contributed by atoms with Gasteiger partial charge in [-0.05, 0) is 20.3 Å². The quantitative estimate of drug-likeness (QED) is 0.805. The van der Waals surface area contributed by atoms with Crippen molar-refractivity contribution in [2.75, 3.05) is 5.32 Å². The van der Waals surface area contributed by atoms with E-state index < -0.39 is 0 Å². The largest absolute Gasteiger partial charge is 0.316 e. The summed E-state index contributed by atoms with van der Waals surface area (Å²) in [5.41, 5.74) is 4.24. The molecule has 0 bridgehead atoms. The second kappa shape index (κ2) is 4.59. The Labute approximate surface area is 121 Å². The average Bonchev–Trinajstić information content (AvgIpc) is 3.02. The van der Waals surface area contributed by atoms with Gasteiger partial charge in [0.1, 0.15) is 5.82 Å². The van der Waals surface area contributed by atoms with Gasteiger partial charge in [-0.25, -0.2) is 9.67 Å². The van der Waals surface area contributed by atoms with Gasteiger partial charge in [-0.2, -0.15) is 10.2 Å². The van der Waals surface area contributed by atoms with Crippen LogP contribution in [0.25, 0.3) is 10.3 Å². The summed E-state index contributed by atoms with van der Waals surface area (Å²) in [6.07, 6.45) is 0.935. The molecule has 0 atom stereocenters. The fraction of sp³-hybridized carbons (Fsp3) is 0.462. The van der Waals surface area contributed by atoms with Crippen molar-refractivity contribution >= 4 is 32.6 Å². The van der Waals surface area contributed by atoms with Crippen LogP contribution in [0.1, 0.15) is 23.9 Å². The third kappa shape index (κ3) is 1.89.